The molecular formula is C12H14N4O4. The predicted molar refractivity (Wildman–Crippen MR) is 69.2 cm³/mol. The van der Waals surface area contributed by atoms with Gasteiger partial charge in [0.1, 0.15) is 11.9 Å². The van der Waals surface area contributed by atoms with E-state index in [1.54, 1.807) is 0 Å². The van der Waals surface area contributed by atoms with Crippen LogP contribution in [0.4, 0.5) is 5.82 Å². The Kier molecular flexibility index (Phi) is 4.59. The largest absolute Gasteiger partial charge is 0.476 e. The van der Waals surface area contributed by atoms with Gasteiger partial charge in [-0.3, -0.25) is 4.79 Å². The van der Waals surface area contributed by atoms with E-state index in [-0.39, 0.29) is 23.5 Å². The van der Waals surface area contributed by atoms with Gasteiger partial charge in [0, 0.05) is 6.20 Å². The Morgan fingerprint density at radius 2 is 2.25 bits per heavy atom. The minimum absolute atomic E-state index is 0.0550. The summed E-state index contributed by atoms with van der Waals surface area (Å²) in [6.45, 7) is 0. The lowest BCUT2D eigenvalue weighted by Gasteiger charge is -2.07. The van der Waals surface area contributed by atoms with E-state index in [4.69, 9.17) is 9.94 Å². The zero-order valence-corrected chi connectivity index (χ0v) is 10.7. The average molecular weight is 278 g/mol. The van der Waals surface area contributed by atoms with Crippen molar-refractivity contribution >= 4 is 23.9 Å². The molecule has 0 saturated heterocycles. The van der Waals surface area contributed by atoms with Gasteiger partial charge in [-0.05, 0) is 31.7 Å². The second kappa shape index (κ2) is 6.60. The van der Waals surface area contributed by atoms with Crippen LogP contribution < -0.4 is 5.32 Å². The zero-order chi connectivity index (χ0) is 14.4. The average Bonchev–Trinajstić information content (AvgIpc) is 2.93. The third-order valence-electron chi connectivity index (χ3n) is 2.87. The van der Waals surface area contributed by atoms with E-state index in [2.05, 4.69) is 20.4 Å². The van der Waals surface area contributed by atoms with Crippen molar-refractivity contribution in [3.8, 4) is 0 Å². The number of amides is 1. The van der Waals surface area contributed by atoms with Gasteiger partial charge < -0.3 is 15.3 Å². The molecule has 20 heavy (non-hydrogen) atoms. The topological polar surface area (TPSA) is 114 Å². The molecule has 1 aliphatic carbocycles. The summed E-state index contributed by atoms with van der Waals surface area (Å²) >= 11 is 0. The molecule has 0 bridgehead atoms. The number of nitrogens with zero attached hydrogens (tertiary/aromatic N) is 3. The molecule has 1 aromatic heterocycles. The number of anilines is 1. The molecule has 8 nitrogen and oxygen atoms in total. The van der Waals surface area contributed by atoms with Gasteiger partial charge in [-0.1, -0.05) is 5.16 Å². The fourth-order valence-electron chi connectivity index (χ4n) is 1.91. The van der Waals surface area contributed by atoms with E-state index in [1.165, 1.54) is 12.3 Å². The van der Waals surface area contributed by atoms with Crippen LogP contribution in [0.5, 0.6) is 0 Å². The van der Waals surface area contributed by atoms with Crippen LogP contribution in [0.2, 0.25) is 0 Å². The maximum absolute atomic E-state index is 11.2. The molecule has 0 unspecified atom stereocenters. The van der Waals surface area contributed by atoms with Crippen molar-refractivity contribution < 1.29 is 19.5 Å². The van der Waals surface area contributed by atoms with Crippen LogP contribution in [0.3, 0.4) is 0 Å². The van der Waals surface area contributed by atoms with Crippen molar-refractivity contribution in [2.75, 3.05) is 5.32 Å². The number of aliphatic carboxylic acids is 1. The normalized spacial score (nSPS) is 15.9. The van der Waals surface area contributed by atoms with Crippen LogP contribution in [0, 0.1) is 0 Å². The van der Waals surface area contributed by atoms with Crippen LogP contribution in [-0.4, -0.2) is 39.3 Å². The molecule has 2 N–H and O–H groups in total. The monoisotopic (exact) mass is 278 g/mol. The predicted octanol–water partition coefficient (Wildman–Crippen LogP) is 0.793. The lowest BCUT2D eigenvalue weighted by Crippen LogP contribution is -2.20. The van der Waals surface area contributed by atoms with Crippen LogP contribution in [-0.2, 0) is 14.4 Å². The molecule has 106 valence electrons. The van der Waals surface area contributed by atoms with Crippen LogP contribution in [0.25, 0.3) is 0 Å². The second-order valence-corrected chi connectivity index (χ2v) is 4.28. The lowest BCUT2D eigenvalue weighted by molar-refractivity contribution is -0.129. The number of carboxylic acids is 1. The fraction of sp³-hybridized carbons (Fsp3) is 0.417. The Balaban J connectivity index is 2.18. The highest BCUT2D eigenvalue weighted by atomic mass is 16.6. The number of carboxylic acid groups (broad SMARTS) is 1. The molecule has 1 saturated carbocycles. The molecule has 1 fully saturated rings. The lowest BCUT2D eigenvalue weighted by atomic mass is 10.3. The standard InChI is InChI=1S/C12H14N4O4/c17-7-14-9-5-6-13-11(15-9)10(12(18)19)16-20-8-3-1-2-4-8/h5-8H,1-4H2,(H,18,19)(H,13,14,15,17)/b16-10-. The number of rotatable bonds is 6. The molecule has 1 heterocycles. The first kappa shape index (κ1) is 13.9. The molecule has 0 aliphatic heterocycles. The molecule has 1 aromatic rings. The Labute approximate surface area is 114 Å². The van der Waals surface area contributed by atoms with Gasteiger partial charge >= 0.3 is 5.97 Å². The van der Waals surface area contributed by atoms with Crippen LogP contribution >= 0.6 is 0 Å². The van der Waals surface area contributed by atoms with E-state index in [0.717, 1.165) is 25.7 Å². The number of carbonyl (C=O) groups excluding carboxylic acids is 1. The first-order valence-corrected chi connectivity index (χ1v) is 6.21. The summed E-state index contributed by atoms with van der Waals surface area (Å²) in [6.07, 6.45) is 5.56. The summed E-state index contributed by atoms with van der Waals surface area (Å²) in [6, 6.07) is 1.44. The molecule has 0 radical (unpaired) electrons. The highest BCUT2D eigenvalue weighted by Gasteiger charge is 2.21. The summed E-state index contributed by atoms with van der Waals surface area (Å²) in [4.78, 5) is 34.5. The number of nitrogens with one attached hydrogen (secondary N) is 1. The maximum atomic E-state index is 11.2. The van der Waals surface area contributed by atoms with Gasteiger partial charge in [-0.2, -0.15) is 0 Å². The summed E-state index contributed by atoms with van der Waals surface area (Å²) in [7, 11) is 0. The van der Waals surface area contributed by atoms with Crippen LogP contribution in [0.1, 0.15) is 31.5 Å². The van der Waals surface area contributed by atoms with Gasteiger partial charge in [-0.25, -0.2) is 14.8 Å². The van der Waals surface area contributed by atoms with E-state index in [0.29, 0.717) is 6.41 Å². The number of carbonyl (C=O) groups is 2. The molecule has 0 aromatic carbocycles. The molecule has 0 atom stereocenters. The van der Waals surface area contributed by atoms with Gasteiger partial charge in [0.25, 0.3) is 0 Å². The Bertz CT molecular complexity index is 526. The quantitative estimate of drug-likeness (QED) is 0.452. The molecule has 2 rings (SSSR count). The van der Waals surface area contributed by atoms with E-state index >= 15 is 0 Å². The highest BCUT2D eigenvalue weighted by Crippen LogP contribution is 2.21. The third-order valence-corrected chi connectivity index (χ3v) is 2.87. The SMILES string of the molecule is O=CNc1ccnc(/C(=N/OC2CCCC2)C(=O)O)n1. The van der Waals surface area contributed by atoms with Crippen molar-refractivity contribution in [1.82, 2.24) is 9.97 Å². The van der Waals surface area contributed by atoms with Gasteiger partial charge in [-0.15, -0.1) is 0 Å². The molecule has 0 spiro atoms. The summed E-state index contributed by atoms with van der Waals surface area (Å²) in [5.74, 6) is -1.20. The number of hydrogen-bond acceptors (Lipinski definition) is 6. The van der Waals surface area contributed by atoms with E-state index in [9.17, 15) is 9.59 Å². The fourth-order valence-corrected chi connectivity index (χ4v) is 1.91. The minimum atomic E-state index is -1.29. The van der Waals surface area contributed by atoms with E-state index in [1.807, 2.05) is 0 Å². The third kappa shape index (κ3) is 3.50. The second-order valence-electron chi connectivity index (χ2n) is 4.28. The summed E-state index contributed by atoms with van der Waals surface area (Å²) in [5, 5.41) is 15.1. The highest BCUT2D eigenvalue weighted by molar-refractivity contribution is 6.41. The smallest absolute Gasteiger partial charge is 0.361 e. The van der Waals surface area contributed by atoms with Crippen molar-refractivity contribution in [3.05, 3.63) is 18.1 Å². The minimum Gasteiger partial charge on any atom is -0.476 e. The van der Waals surface area contributed by atoms with Gasteiger partial charge in [0.05, 0.1) is 0 Å². The van der Waals surface area contributed by atoms with Gasteiger partial charge in [0.15, 0.2) is 5.82 Å². The Hall–Kier alpha value is -2.51. The van der Waals surface area contributed by atoms with Gasteiger partial charge in [0.2, 0.25) is 12.1 Å². The number of hydrogen-bond donors (Lipinski definition) is 2. The summed E-state index contributed by atoms with van der Waals surface area (Å²) in [5.41, 5.74) is -0.383. The molecular weight excluding hydrogens is 264 g/mol. The van der Waals surface area contributed by atoms with Crippen molar-refractivity contribution in [1.29, 1.82) is 0 Å². The van der Waals surface area contributed by atoms with Crippen molar-refractivity contribution in [2.45, 2.75) is 31.8 Å². The summed E-state index contributed by atoms with van der Waals surface area (Å²) < 4.78 is 0. The maximum Gasteiger partial charge on any atom is 0.361 e. The zero-order valence-electron chi connectivity index (χ0n) is 10.7. The molecule has 8 heteroatoms. The molecule has 1 amide bonds. The van der Waals surface area contributed by atoms with Crippen molar-refractivity contribution in [3.63, 3.8) is 0 Å². The Morgan fingerprint density at radius 1 is 1.50 bits per heavy atom. The first-order valence-electron chi connectivity index (χ1n) is 6.21. The number of aromatic nitrogens is 2. The molecule has 1 aliphatic rings. The first-order chi connectivity index (χ1) is 9.70. The van der Waals surface area contributed by atoms with E-state index < -0.39 is 5.97 Å². The number of oxime groups is 1. The Morgan fingerprint density at radius 3 is 2.90 bits per heavy atom. The van der Waals surface area contributed by atoms with Crippen LogP contribution in [0.15, 0.2) is 17.4 Å². The van der Waals surface area contributed by atoms with Crippen molar-refractivity contribution in [2.24, 2.45) is 5.16 Å².